The smallest absolute Gasteiger partial charge is 0.169 e. The molecule has 0 aromatic carbocycles. The highest BCUT2D eigenvalue weighted by Gasteiger charge is 2.01. The number of pyridine rings is 1. The number of nitriles is 1. The molecule has 0 aliphatic rings. The summed E-state index contributed by atoms with van der Waals surface area (Å²) in [5.74, 6) is 0. The Kier molecular flexibility index (Phi) is 2.34. The van der Waals surface area contributed by atoms with Crippen molar-refractivity contribution >= 4 is 22.2 Å². The highest BCUT2D eigenvalue weighted by atomic mass is 79.9. The van der Waals surface area contributed by atoms with E-state index in [4.69, 9.17) is 5.26 Å². The van der Waals surface area contributed by atoms with Crippen molar-refractivity contribution in [2.45, 2.75) is 0 Å². The van der Waals surface area contributed by atoms with Crippen molar-refractivity contribution in [1.29, 1.82) is 5.26 Å². The van der Waals surface area contributed by atoms with Crippen molar-refractivity contribution < 1.29 is 4.79 Å². The standard InChI is InChI=1S/C7H3BrN2O/c8-6-1-5(2-9)7(4-11)10-3-6/h1,3-4H. The molecule has 0 saturated carbocycles. The second kappa shape index (κ2) is 3.26. The Labute approximate surface area is 71.8 Å². The minimum atomic E-state index is 0.177. The van der Waals surface area contributed by atoms with Crippen LogP contribution >= 0.6 is 15.9 Å². The monoisotopic (exact) mass is 210 g/mol. The maximum Gasteiger partial charge on any atom is 0.169 e. The van der Waals surface area contributed by atoms with Crippen molar-refractivity contribution in [3.63, 3.8) is 0 Å². The lowest BCUT2D eigenvalue weighted by Crippen LogP contribution is -1.91. The summed E-state index contributed by atoms with van der Waals surface area (Å²) < 4.78 is 0.694. The molecular formula is C7H3BrN2O. The molecule has 1 aromatic heterocycles. The molecule has 0 unspecified atom stereocenters. The predicted molar refractivity (Wildman–Crippen MR) is 42.0 cm³/mol. The summed E-state index contributed by atoms with van der Waals surface area (Å²) in [4.78, 5) is 14.0. The lowest BCUT2D eigenvalue weighted by atomic mass is 10.2. The minimum absolute atomic E-state index is 0.177. The van der Waals surface area contributed by atoms with E-state index in [9.17, 15) is 4.79 Å². The summed E-state index contributed by atoms with van der Waals surface area (Å²) in [6.45, 7) is 0. The molecule has 0 atom stereocenters. The van der Waals surface area contributed by atoms with E-state index in [0.717, 1.165) is 0 Å². The molecule has 0 aliphatic carbocycles. The number of hydrogen-bond acceptors (Lipinski definition) is 3. The van der Waals surface area contributed by atoms with Crippen LogP contribution < -0.4 is 0 Å². The summed E-state index contributed by atoms with van der Waals surface area (Å²) in [6.07, 6.45) is 2.04. The van der Waals surface area contributed by atoms with Crippen LogP contribution in [0, 0.1) is 11.3 Å². The van der Waals surface area contributed by atoms with Crippen LogP contribution in [0.25, 0.3) is 0 Å². The van der Waals surface area contributed by atoms with E-state index in [1.165, 1.54) is 6.20 Å². The summed E-state index contributed by atoms with van der Waals surface area (Å²) >= 11 is 3.14. The summed E-state index contributed by atoms with van der Waals surface area (Å²) in [7, 11) is 0. The predicted octanol–water partition coefficient (Wildman–Crippen LogP) is 1.53. The van der Waals surface area contributed by atoms with Gasteiger partial charge < -0.3 is 0 Å². The fraction of sp³-hybridized carbons (Fsp3) is 0. The van der Waals surface area contributed by atoms with Crippen molar-refractivity contribution in [2.75, 3.05) is 0 Å². The molecule has 1 heterocycles. The van der Waals surface area contributed by atoms with Crippen molar-refractivity contribution in [2.24, 2.45) is 0 Å². The third-order valence-corrected chi connectivity index (χ3v) is 1.55. The first kappa shape index (κ1) is 7.89. The first-order valence-electron chi connectivity index (χ1n) is 2.78. The molecule has 0 bridgehead atoms. The Morgan fingerprint density at radius 2 is 2.45 bits per heavy atom. The normalized spacial score (nSPS) is 8.73. The largest absolute Gasteiger partial charge is 0.296 e. The van der Waals surface area contributed by atoms with E-state index in [1.807, 2.05) is 6.07 Å². The highest BCUT2D eigenvalue weighted by molar-refractivity contribution is 9.10. The average molecular weight is 211 g/mol. The number of nitrogens with zero attached hydrogens (tertiary/aromatic N) is 2. The van der Waals surface area contributed by atoms with Gasteiger partial charge in [0.05, 0.1) is 5.56 Å². The number of hydrogen-bond donors (Lipinski definition) is 0. The molecule has 0 aliphatic heterocycles. The van der Waals surface area contributed by atoms with Crippen molar-refractivity contribution in [1.82, 2.24) is 4.98 Å². The first-order chi connectivity index (χ1) is 5.27. The molecule has 0 saturated heterocycles. The molecule has 4 heteroatoms. The van der Waals surface area contributed by atoms with Crippen LogP contribution in [-0.2, 0) is 0 Å². The quantitative estimate of drug-likeness (QED) is 0.661. The molecule has 0 radical (unpaired) electrons. The van der Waals surface area contributed by atoms with E-state index >= 15 is 0 Å². The Hall–Kier alpha value is -1.21. The Morgan fingerprint density at radius 1 is 1.73 bits per heavy atom. The zero-order chi connectivity index (χ0) is 8.27. The topological polar surface area (TPSA) is 53.8 Å². The average Bonchev–Trinajstić information content (AvgIpc) is 2.04. The van der Waals surface area contributed by atoms with E-state index in [0.29, 0.717) is 10.8 Å². The SMILES string of the molecule is N#Cc1cc(Br)cnc1C=O. The number of carbonyl (C=O) groups excluding carboxylic acids is 1. The van der Waals surface area contributed by atoms with Gasteiger partial charge in [-0.3, -0.25) is 9.78 Å². The number of rotatable bonds is 1. The molecule has 54 valence electrons. The van der Waals surface area contributed by atoms with Gasteiger partial charge in [-0.15, -0.1) is 0 Å². The third-order valence-electron chi connectivity index (χ3n) is 1.12. The van der Waals surface area contributed by atoms with Crippen molar-refractivity contribution in [3.05, 3.63) is 28.0 Å². The Morgan fingerprint density at radius 3 is 3.00 bits per heavy atom. The van der Waals surface area contributed by atoms with Gasteiger partial charge in [0.1, 0.15) is 11.8 Å². The van der Waals surface area contributed by atoms with Crippen LogP contribution in [0.15, 0.2) is 16.7 Å². The Bertz CT molecular complexity index is 330. The zero-order valence-corrected chi connectivity index (χ0v) is 7.00. The van der Waals surface area contributed by atoms with Crippen LogP contribution in [0.3, 0.4) is 0 Å². The van der Waals surface area contributed by atoms with Gasteiger partial charge in [-0.25, -0.2) is 0 Å². The lowest BCUT2D eigenvalue weighted by Gasteiger charge is -1.93. The summed E-state index contributed by atoms with van der Waals surface area (Å²) in [5, 5.41) is 8.50. The van der Waals surface area contributed by atoms with Gasteiger partial charge in [0.25, 0.3) is 0 Å². The fourth-order valence-corrected chi connectivity index (χ4v) is 0.965. The summed E-state index contributed by atoms with van der Waals surface area (Å²) in [5.41, 5.74) is 0.463. The third kappa shape index (κ3) is 1.63. The molecule has 0 spiro atoms. The van der Waals surface area contributed by atoms with Gasteiger partial charge in [0, 0.05) is 10.7 Å². The fourth-order valence-electron chi connectivity index (χ4n) is 0.633. The maximum atomic E-state index is 10.3. The van der Waals surface area contributed by atoms with Crippen molar-refractivity contribution in [3.8, 4) is 6.07 Å². The van der Waals surface area contributed by atoms with E-state index in [-0.39, 0.29) is 11.3 Å². The Balaban J connectivity index is 3.30. The highest BCUT2D eigenvalue weighted by Crippen LogP contribution is 2.11. The molecule has 1 rings (SSSR count). The van der Waals surface area contributed by atoms with Gasteiger partial charge in [-0.05, 0) is 22.0 Å². The van der Waals surface area contributed by atoms with Gasteiger partial charge in [0.2, 0.25) is 0 Å². The van der Waals surface area contributed by atoms with Crippen LogP contribution in [0.4, 0.5) is 0 Å². The first-order valence-corrected chi connectivity index (χ1v) is 3.58. The maximum absolute atomic E-state index is 10.3. The molecule has 0 N–H and O–H groups in total. The molecular weight excluding hydrogens is 208 g/mol. The molecule has 3 nitrogen and oxygen atoms in total. The molecule has 1 aromatic rings. The van der Waals surface area contributed by atoms with Gasteiger partial charge in [0.15, 0.2) is 6.29 Å². The summed E-state index contributed by atoms with van der Waals surface area (Å²) in [6, 6.07) is 3.42. The number of carbonyl (C=O) groups is 1. The van der Waals surface area contributed by atoms with Gasteiger partial charge in [-0.2, -0.15) is 5.26 Å². The van der Waals surface area contributed by atoms with Crippen LogP contribution in [0.2, 0.25) is 0 Å². The zero-order valence-electron chi connectivity index (χ0n) is 5.41. The molecule has 0 amide bonds. The number of halogens is 1. The lowest BCUT2D eigenvalue weighted by molar-refractivity contribution is 0.111. The van der Waals surface area contributed by atoms with Crippen LogP contribution in [-0.4, -0.2) is 11.3 Å². The van der Waals surface area contributed by atoms with Gasteiger partial charge >= 0.3 is 0 Å². The van der Waals surface area contributed by atoms with E-state index in [1.54, 1.807) is 6.07 Å². The second-order valence-corrected chi connectivity index (χ2v) is 2.73. The van der Waals surface area contributed by atoms with Crippen LogP contribution in [0.5, 0.6) is 0 Å². The number of aldehydes is 1. The van der Waals surface area contributed by atoms with E-state index in [2.05, 4.69) is 20.9 Å². The second-order valence-electron chi connectivity index (χ2n) is 1.82. The molecule has 11 heavy (non-hydrogen) atoms. The molecule has 0 fully saturated rings. The minimum Gasteiger partial charge on any atom is -0.296 e. The number of aromatic nitrogens is 1. The van der Waals surface area contributed by atoms with Gasteiger partial charge in [-0.1, -0.05) is 0 Å². The van der Waals surface area contributed by atoms with E-state index < -0.39 is 0 Å². The van der Waals surface area contributed by atoms with Crippen LogP contribution in [0.1, 0.15) is 16.1 Å².